The number of aryl methyl sites for hydroxylation is 1. The molecule has 0 bridgehead atoms. The van der Waals surface area contributed by atoms with E-state index in [1.165, 1.54) is 17.3 Å². The first kappa shape index (κ1) is 13.2. The Morgan fingerprint density at radius 1 is 1.45 bits per heavy atom. The molecule has 5 nitrogen and oxygen atoms in total. The number of nitrogens with zero attached hydrogens (tertiary/aromatic N) is 4. The van der Waals surface area contributed by atoms with Gasteiger partial charge < -0.3 is 9.47 Å². The topological polar surface area (TPSA) is 51.0 Å². The lowest BCUT2D eigenvalue weighted by Crippen LogP contribution is -2.37. The number of hydrogen-bond acceptors (Lipinski definition) is 4. The van der Waals surface area contributed by atoms with Gasteiger partial charge in [0.2, 0.25) is 5.91 Å². The van der Waals surface area contributed by atoms with Gasteiger partial charge in [0.25, 0.3) is 0 Å². The van der Waals surface area contributed by atoms with E-state index < -0.39 is 0 Å². The van der Waals surface area contributed by atoms with E-state index in [1.54, 1.807) is 6.33 Å². The largest absolute Gasteiger partial charge is 0.312 e. The van der Waals surface area contributed by atoms with Crippen LogP contribution in [0.5, 0.6) is 0 Å². The van der Waals surface area contributed by atoms with Crippen molar-refractivity contribution in [2.75, 3.05) is 10.7 Å². The first-order valence-electron chi connectivity index (χ1n) is 6.53. The van der Waals surface area contributed by atoms with Crippen molar-refractivity contribution in [3.05, 3.63) is 36.2 Å². The van der Waals surface area contributed by atoms with Gasteiger partial charge in [0, 0.05) is 18.8 Å². The van der Waals surface area contributed by atoms with E-state index in [0.29, 0.717) is 5.75 Å². The summed E-state index contributed by atoms with van der Waals surface area (Å²) in [5.41, 5.74) is 2.29. The Morgan fingerprint density at radius 2 is 2.25 bits per heavy atom. The van der Waals surface area contributed by atoms with Gasteiger partial charge in [0.15, 0.2) is 5.16 Å². The van der Waals surface area contributed by atoms with Crippen LogP contribution >= 0.6 is 11.8 Å². The molecule has 0 radical (unpaired) electrons. The third kappa shape index (κ3) is 2.31. The number of carbonyl (C=O) groups excluding carboxylic acids is 1. The fourth-order valence-electron chi connectivity index (χ4n) is 2.54. The molecule has 1 aliphatic heterocycles. The van der Waals surface area contributed by atoms with Gasteiger partial charge in [-0.2, -0.15) is 0 Å². The van der Waals surface area contributed by atoms with Crippen LogP contribution in [0.25, 0.3) is 0 Å². The maximum absolute atomic E-state index is 12.5. The van der Waals surface area contributed by atoms with Crippen molar-refractivity contribution in [1.29, 1.82) is 0 Å². The highest BCUT2D eigenvalue weighted by Crippen LogP contribution is 2.32. The van der Waals surface area contributed by atoms with Gasteiger partial charge in [-0.3, -0.25) is 4.79 Å². The van der Waals surface area contributed by atoms with Crippen LogP contribution in [0.3, 0.4) is 0 Å². The molecule has 1 unspecified atom stereocenters. The molecule has 3 rings (SSSR count). The van der Waals surface area contributed by atoms with Gasteiger partial charge in [-0.05, 0) is 25.0 Å². The van der Waals surface area contributed by atoms with Crippen molar-refractivity contribution >= 4 is 23.4 Å². The van der Waals surface area contributed by atoms with Gasteiger partial charge in [-0.25, -0.2) is 0 Å². The van der Waals surface area contributed by atoms with Gasteiger partial charge in [-0.15, -0.1) is 10.2 Å². The predicted molar refractivity (Wildman–Crippen MR) is 78.8 cm³/mol. The van der Waals surface area contributed by atoms with Gasteiger partial charge in [-0.1, -0.05) is 30.0 Å². The second kappa shape index (κ2) is 5.28. The summed E-state index contributed by atoms with van der Waals surface area (Å²) in [6, 6.07) is 8.33. The minimum absolute atomic E-state index is 0.121. The van der Waals surface area contributed by atoms with Crippen LogP contribution in [0.15, 0.2) is 35.7 Å². The molecule has 0 fully saturated rings. The van der Waals surface area contributed by atoms with Gasteiger partial charge >= 0.3 is 0 Å². The number of hydrogen-bond donors (Lipinski definition) is 0. The Morgan fingerprint density at radius 3 is 3.00 bits per heavy atom. The maximum Gasteiger partial charge on any atom is 0.237 e. The molecule has 0 aliphatic carbocycles. The summed E-state index contributed by atoms with van der Waals surface area (Å²) in [6.45, 7) is 2.09. The molecule has 1 aromatic carbocycles. The van der Waals surface area contributed by atoms with Crippen molar-refractivity contribution in [3.8, 4) is 0 Å². The molecule has 2 heterocycles. The number of rotatable bonds is 3. The van der Waals surface area contributed by atoms with Crippen LogP contribution in [0, 0.1) is 0 Å². The van der Waals surface area contributed by atoms with Crippen LogP contribution < -0.4 is 4.90 Å². The molecule has 6 heteroatoms. The average molecular weight is 288 g/mol. The summed E-state index contributed by atoms with van der Waals surface area (Å²) in [6.07, 6.45) is 2.57. The van der Waals surface area contributed by atoms with E-state index in [2.05, 4.69) is 23.2 Å². The van der Waals surface area contributed by atoms with E-state index >= 15 is 0 Å². The Kier molecular flexibility index (Phi) is 3.48. The summed E-state index contributed by atoms with van der Waals surface area (Å²) in [5.74, 6) is 0.501. The minimum atomic E-state index is 0.121. The number of amides is 1. The van der Waals surface area contributed by atoms with E-state index in [0.717, 1.165) is 17.3 Å². The number of fused-ring (bicyclic) bond motifs is 1. The molecule has 1 aromatic heterocycles. The van der Waals surface area contributed by atoms with E-state index in [1.807, 2.05) is 34.7 Å². The Hall–Kier alpha value is -1.82. The van der Waals surface area contributed by atoms with Gasteiger partial charge in [0.1, 0.15) is 6.33 Å². The van der Waals surface area contributed by atoms with Crippen LogP contribution in [-0.2, 0) is 18.3 Å². The Balaban J connectivity index is 1.73. The fourth-order valence-corrected chi connectivity index (χ4v) is 3.29. The molecule has 0 saturated heterocycles. The number of anilines is 1. The Bertz CT molecular complexity index is 640. The van der Waals surface area contributed by atoms with E-state index in [-0.39, 0.29) is 11.9 Å². The molecular formula is C14H16N4OS. The zero-order valence-electron chi connectivity index (χ0n) is 11.5. The number of thioether (sulfide) groups is 1. The Labute approximate surface area is 122 Å². The highest BCUT2D eigenvalue weighted by molar-refractivity contribution is 7.99. The van der Waals surface area contributed by atoms with Crippen molar-refractivity contribution in [2.24, 2.45) is 7.05 Å². The summed E-state index contributed by atoms with van der Waals surface area (Å²) in [4.78, 5) is 14.4. The lowest BCUT2D eigenvalue weighted by atomic mass is 10.1. The van der Waals surface area contributed by atoms with Crippen LogP contribution in [0.2, 0.25) is 0 Å². The monoisotopic (exact) mass is 288 g/mol. The summed E-state index contributed by atoms with van der Waals surface area (Å²) < 4.78 is 1.82. The molecule has 104 valence electrons. The predicted octanol–water partition coefficient (Wildman–Crippen LogP) is 1.89. The second-order valence-corrected chi connectivity index (χ2v) is 5.90. The van der Waals surface area contributed by atoms with Crippen molar-refractivity contribution in [2.45, 2.75) is 24.5 Å². The minimum Gasteiger partial charge on any atom is -0.312 e. The van der Waals surface area contributed by atoms with Gasteiger partial charge in [0.05, 0.1) is 5.75 Å². The average Bonchev–Trinajstić information content (AvgIpc) is 2.98. The molecule has 1 amide bonds. The molecule has 0 spiro atoms. The van der Waals surface area contributed by atoms with Crippen LogP contribution in [0.4, 0.5) is 5.69 Å². The molecule has 20 heavy (non-hydrogen) atoms. The molecule has 2 aromatic rings. The van der Waals surface area contributed by atoms with Crippen LogP contribution in [-0.4, -0.2) is 32.5 Å². The zero-order chi connectivity index (χ0) is 14.1. The molecule has 0 saturated carbocycles. The van der Waals surface area contributed by atoms with Crippen LogP contribution in [0.1, 0.15) is 12.5 Å². The zero-order valence-corrected chi connectivity index (χ0v) is 12.3. The fraction of sp³-hybridized carbons (Fsp3) is 0.357. The van der Waals surface area contributed by atoms with Crippen molar-refractivity contribution in [1.82, 2.24) is 14.8 Å². The van der Waals surface area contributed by atoms with E-state index in [4.69, 9.17) is 0 Å². The third-order valence-electron chi connectivity index (χ3n) is 3.47. The first-order chi connectivity index (χ1) is 9.66. The standard InChI is InChI=1S/C14H16N4OS/c1-10-7-11-5-3-4-6-12(11)18(10)13(19)8-20-14-16-15-9-17(14)2/h3-6,9-10H,7-8H2,1-2H3. The molecule has 1 aliphatic rings. The number of para-hydroxylation sites is 1. The highest BCUT2D eigenvalue weighted by Gasteiger charge is 2.30. The summed E-state index contributed by atoms with van der Waals surface area (Å²) in [5, 5.41) is 8.56. The summed E-state index contributed by atoms with van der Waals surface area (Å²) in [7, 11) is 1.88. The molecule has 0 N–H and O–H groups in total. The smallest absolute Gasteiger partial charge is 0.237 e. The first-order valence-corrected chi connectivity index (χ1v) is 7.52. The molecular weight excluding hydrogens is 272 g/mol. The maximum atomic E-state index is 12.5. The third-order valence-corrected chi connectivity index (χ3v) is 4.49. The van der Waals surface area contributed by atoms with Crippen molar-refractivity contribution < 1.29 is 4.79 Å². The highest BCUT2D eigenvalue weighted by atomic mass is 32.2. The number of benzene rings is 1. The number of aromatic nitrogens is 3. The lowest BCUT2D eigenvalue weighted by Gasteiger charge is -2.22. The van der Waals surface area contributed by atoms with E-state index in [9.17, 15) is 4.79 Å². The normalized spacial score (nSPS) is 17.3. The molecule has 1 atom stereocenters. The SMILES string of the molecule is CC1Cc2ccccc2N1C(=O)CSc1nncn1C. The second-order valence-electron chi connectivity index (χ2n) is 4.96. The summed E-state index contributed by atoms with van der Waals surface area (Å²) >= 11 is 1.42. The van der Waals surface area contributed by atoms with Crippen molar-refractivity contribution in [3.63, 3.8) is 0 Å². The quantitative estimate of drug-likeness (QED) is 0.809. The lowest BCUT2D eigenvalue weighted by molar-refractivity contribution is -0.116. The number of carbonyl (C=O) groups is 1.